The first-order valence-electron chi connectivity index (χ1n) is 19.1. The molecule has 2 fully saturated rings. The van der Waals surface area contributed by atoms with E-state index in [1.165, 1.54) is 0 Å². The van der Waals surface area contributed by atoms with Crippen LogP contribution in [0.15, 0.2) is 0 Å². The van der Waals surface area contributed by atoms with Crippen LogP contribution >= 0.6 is 0 Å². The zero-order chi connectivity index (χ0) is 35.1. The molecule has 0 bridgehead atoms. The van der Waals surface area contributed by atoms with E-state index < -0.39 is 20.3 Å². The molecule has 0 aromatic rings. The Morgan fingerprint density at radius 2 is 1.62 bits per heavy atom. The van der Waals surface area contributed by atoms with Crippen molar-refractivity contribution >= 4 is 20.1 Å². The molecule has 2 rings (SSSR count). The molecule has 9 heteroatoms. The first-order valence-corrected chi connectivity index (χ1v) is 22.0. The summed E-state index contributed by atoms with van der Waals surface area (Å²) in [6.45, 7) is 16.9. The third kappa shape index (κ3) is 15.3. The Bertz CT molecular complexity index is 899. The van der Waals surface area contributed by atoms with Crippen LogP contribution in [0.5, 0.6) is 0 Å². The second-order valence-corrected chi connectivity index (χ2v) is 20.9. The lowest BCUT2D eigenvalue weighted by Gasteiger charge is -2.42. The van der Waals surface area contributed by atoms with Crippen LogP contribution in [0.2, 0.25) is 18.1 Å². The van der Waals surface area contributed by atoms with Gasteiger partial charge in [0, 0.05) is 31.8 Å². The number of carbonyl (C=O) groups is 2. The third-order valence-corrected chi connectivity index (χ3v) is 15.1. The molecular weight excluding hydrogens is 618 g/mol. The maximum Gasteiger partial charge on any atom is 0.306 e. The van der Waals surface area contributed by atoms with Gasteiger partial charge in [0.15, 0.2) is 14.6 Å². The number of rotatable bonds is 23. The van der Waals surface area contributed by atoms with Crippen molar-refractivity contribution in [3.05, 3.63) is 0 Å². The van der Waals surface area contributed by atoms with Crippen molar-refractivity contribution in [3.8, 4) is 0 Å². The van der Waals surface area contributed by atoms with E-state index in [9.17, 15) is 9.59 Å². The van der Waals surface area contributed by atoms with E-state index in [1.54, 1.807) is 0 Å². The van der Waals surface area contributed by atoms with Crippen molar-refractivity contribution < 1.29 is 37.0 Å². The molecule has 1 heterocycles. The highest BCUT2D eigenvalue weighted by Gasteiger charge is 2.49. The molecule has 0 N–H and O–H groups in total. The van der Waals surface area contributed by atoms with Gasteiger partial charge in [-0.3, -0.25) is 9.59 Å². The second kappa shape index (κ2) is 20.7. The summed E-state index contributed by atoms with van der Waals surface area (Å²) in [6, 6.07) is 0. The van der Waals surface area contributed by atoms with Gasteiger partial charge < -0.3 is 18.6 Å². The Morgan fingerprint density at radius 1 is 0.957 bits per heavy atom. The van der Waals surface area contributed by atoms with E-state index >= 15 is 8.78 Å². The maximum absolute atomic E-state index is 16.0. The third-order valence-electron chi connectivity index (χ3n) is 10.6. The Morgan fingerprint density at radius 3 is 2.23 bits per heavy atom. The van der Waals surface area contributed by atoms with Crippen LogP contribution in [0.3, 0.4) is 0 Å². The van der Waals surface area contributed by atoms with Gasteiger partial charge in [-0.15, -0.1) is 0 Å². The van der Waals surface area contributed by atoms with Crippen molar-refractivity contribution in [2.75, 3.05) is 6.61 Å². The van der Waals surface area contributed by atoms with Gasteiger partial charge in [-0.05, 0) is 89.3 Å². The van der Waals surface area contributed by atoms with Crippen LogP contribution in [0, 0.1) is 11.8 Å². The number of ketones is 1. The summed E-state index contributed by atoms with van der Waals surface area (Å²) < 4.78 is 56.0. The van der Waals surface area contributed by atoms with Gasteiger partial charge in [-0.1, -0.05) is 79.1 Å². The second-order valence-electron chi connectivity index (χ2n) is 16.1. The summed E-state index contributed by atoms with van der Waals surface area (Å²) in [7, 11) is -2.47. The topological polar surface area (TPSA) is 71.1 Å². The number of ether oxygens (including phenoxy) is 3. The maximum atomic E-state index is 16.0. The zero-order valence-electron chi connectivity index (χ0n) is 31.3. The minimum Gasteiger partial charge on any atom is -0.463 e. The van der Waals surface area contributed by atoms with Gasteiger partial charge in [0.1, 0.15) is 11.9 Å². The van der Waals surface area contributed by atoms with E-state index in [-0.39, 0.29) is 60.0 Å². The van der Waals surface area contributed by atoms with Crippen LogP contribution in [0.4, 0.5) is 8.78 Å². The highest BCUT2D eigenvalue weighted by atomic mass is 28.4. The number of halogens is 2. The quantitative estimate of drug-likeness (QED) is 0.0604. The van der Waals surface area contributed by atoms with Crippen LogP contribution in [0.1, 0.15) is 164 Å². The van der Waals surface area contributed by atoms with Crippen molar-refractivity contribution in [1.29, 1.82) is 0 Å². The van der Waals surface area contributed by atoms with Crippen molar-refractivity contribution in [2.24, 2.45) is 11.8 Å². The molecule has 1 aliphatic heterocycles. The molecule has 0 aromatic carbocycles. The van der Waals surface area contributed by atoms with Crippen molar-refractivity contribution in [3.63, 3.8) is 0 Å². The highest BCUT2D eigenvalue weighted by molar-refractivity contribution is 6.74. The van der Waals surface area contributed by atoms with Crippen molar-refractivity contribution in [1.82, 2.24) is 0 Å². The van der Waals surface area contributed by atoms with Gasteiger partial charge in [0.25, 0.3) is 5.92 Å². The first kappa shape index (κ1) is 42.3. The van der Waals surface area contributed by atoms with Gasteiger partial charge in [0.05, 0.1) is 12.2 Å². The van der Waals surface area contributed by atoms with E-state index in [1.807, 2.05) is 13.8 Å². The number of carbonyl (C=O) groups excluding carboxylic acids is 2. The molecule has 0 radical (unpaired) electrons. The van der Waals surface area contributed by atoms with Crippen LogP contribution < -0.4 is 0 Å². The van der Waals surface area contributed by atoms with E-state index in [0.717, 1.165) is 83.5 Å². The molecule has 0 spiro atoms. The lowest BCUT2D eigenvalue weighted by molar-refractivity contribution is -0.197. The first-order chi connectivity index (χ1) is 22.1. The predicted octanol–water partition coefficient (Wildman–Crippen LogP) is 11.0. The Kier molecular flexibility index (Phi) is 18.6. The lowest BCUT2D eigenvalue weighted by atomic mass is 9.84. The molecule has 47 heavy (non-hydrogen) atoms. The van der Waals surface area contributed by atoms with Crippen LogP contribution in [0.25, 0.3) is 0 Å². The number of esters is 1. The van der Waals surface area contributed by atoms with E-state index in [4.69, 9.17) is 18.6 Å². The molecular formula is C38H70F2O6Si. The fourth-order valence-electron chi connectivity index (χ4n) is 6.77. The van der Waals surface area contributed by atoms with Crippen molar-refractivity contribution in [2.45, 2.75) is 212 Å². The Balaban J connectivity index is 2.07. The minimum atomic E-state index is -2.92. The molecule has 1 aliphatic carbocycles. The average Bonchev–Trinajstić information content (AvgIpc) is 3.27. The number of hydrogen-bond donors (Lipinski definition) is 0. The molecule has 276 valence electrons. The molecule has 6 nitrogen and oxygen atoms in total. The molecule has 0 amide bonds. The van der Waals surface area contributed by atoms with Crippen LogP contribution in [-0.4, -0.2) is 57.2 Å². The summed E-state index contributed by atoms with van der Waals surface area (Å²) in [5, 5.41) is -0.184. The fraction of sp³-hybridized carbons (Fsp3) is 0.947. The molecule has 2 aliphatic rings. The summed E-state index contributed by atoms with van der Waals surface area (Å²) in [4.78, 5) is 25.2. The van der Waals surface area contributed by atoms with Crippen LogP contribution in [-0.2, 0) is 28.2 Å². The molecule has 1 saturated heterocycles. The molecule has 1 saturated carbocycles. The minimum absolute atomic E-state index is 0.0764. The number of Topliss-reactive ketones (excluding diaryl/α,β-unsaturated/α-hetero) is 1. The van der Waals surface area contributed by atoms with Gasteiger partial charge in [-0.2, -0.15) is 0 Å². The average molecular weight is 689 g/mol. The Hall–Kier alpha value is -0.903. The monoisotopic (exact) mass is 688 g/mol. The summed E-state index contributed by atoms with van der Waals surface area (Å²) in [5.41, 5.74) is 0. The number of unbranched alkanes of at least 4 members (excludes halogenated alkanes) is 8. The summed E-state index contributed by atoms with van der Waals surface area (Å²) >= 11 is 0. The van der Waals surface area contributed by atoms with E-state index in [2.05, 4.69) is 40.8 Å². The van der Waals surface area contributed by atoms with Gasteiger partial charge in [0.2, 0.25) is 0 Å². The lowest BCUT2D eigenvalue weighted by Crippen LogP contribution is -2.49. The zero-order valence-corrected chi connectivity index (χ0v) is 32.3. The molecule has 0 aromatic heterocycles. The van der Waals surface area contributed by atoms with Gasteiger partial charge in [-0.25, -0.2) is 8.78 Å². The fourth-order valence-corrected chi connectivity index (χ4v) is 8.12. The largest absolute Gasteiger partial charge is 0.463 e. The standard InChI is InChI=1S/C38H70F2O6Si/c1-9-10-11-19-26-38(39,40)34(46-47(7,8)37(4,5)6)25-24-31-30(32(41)28-33(31)45-36-23-18-20-27-43-36)21-16-14-12-13-15-17-22-35(42)44-29(2)3/h29-31,33-34,36H,9-28H2,1-8H3/t30?,31-,33?,34?,36?/m1/s1. The predicted molar refractivity (Wildman–Crippen MR) is 188 cm³/mol. The smallest absolute Gasteiger partial charge is 0.306 e. The molecule has 4 unspecified atom stereocenters. The summed E-state index contributed by atoms with van der Waals surface area (Å²) in [6.07, 6.45) is 12.2. The summed E-state index contributed by atoms with van der Waals surface area (Å²) in [5.74, 6) is -3.14. The Labute approximate surface area is 287 Å². The normalized spacial score (nSPS) is 23.4. The van der Waals surface area contributed by atoms with Gasteiger partial charge >= 0.3 is 5.97 Å². The SMILES string of the molecule is CCCCCCC(F)(F)C(CC[C@H]1C(OC2CCCCO2)CC(=O)C1CCCCCCCCC(=O)OC(C)C)O[Si](C)(C)C(C)(C)C. The number of alkyl halides is 2. The molecule has 5 atom stereocenters. The van der Waals surface area contributed by atoms with E-state index in [0.29, 0.717) is 32.3 Å². The highest BCUT2D eigenvalue weighted by Crippen LogP contribution is 2.44. The number of hydrogen-bond acceptors (Lipinski definition) is 6.